The summed E-state index contributed by atoms with van der Waals surface area (Å²) in [6, 6.07) is 0. The molecule has 0 aliphatic heterocycles. The third-order valence-electron chi connectivity index (χ3n) is 2.98. The number of hydrogen-bond acceptors (Lipinski definition) is 1. The van der Waals surface area contributed by atoms with Crippen molar-refractivity contribution in [2.24, 2.45) is 11.8 Å². The van der Waals surface area contributed by atoms with Crippen molar-refractivity contribution < 1.29 is 0 Å². The van der Waals surface area contributed by atoms with E-state index in [0.29, 0.717) is 0 Å². The number of rotatable bonds is 3. The maximum Gasteiger partial charge on any atom is -0.00235 e. The van der Waals surface area contributed by atoms with Gasteiger partial charge in [0.25, 0.3) is 0 Å². The van der Waals surface area contributed by atoms with E-state index in [9.17, 15) is 0 Å². The molecule has 0 aromatic rings. The van der Waals surface area contributed by atoms with Crippen LogP contribution in [0.25, 0.3) is 0 Å². The summed E-state index contributed by atoms with van der Waals surface area (Å²) < 4.78 is 0. The maximum absolute atomic E-state index is 3.26. The van der Waals surface area contributed by atoms with E-state index in [2.05, 4.69) is 19.3 Å². The van der Waals surface area contributed by atoms with Gasteiger partial charge in [-0.1, -0.05) is 39.0 Å². The van der Waals surface area contributed by atoms with Gasteiger partial charge in [0.2, 0.25) is 0 Å². The summed E-state index contributed by atoms with van der Waals surface area (Å²) in [7, 11) is 2.05. The van der Waals surface area contributed by atoms with Gasteiger partial charge in [-0.3, -0.25) is 0 Å². The summed E-state index contributed by atoms with van der Waals surface area (Å²) >= 11 is 0. The Balaban J connectivity index is 2.21. The quantitative estimate of drug-likeness (QED) is 0.660. The largest absolute Gasteiger partial charge is 0.319 e. The second-order valence-corrected chi connectivity index (χ2v) is 3.93. The highest BCUT2D eigenvalue weighted by atomic mass is 14.8. The summed E-state index contributed by atoms with van der Waals surface area (Å²) in [4.78, 5) is 0. The highest BCUT2D eigenvalue weighted by molar-refractivity contribution is 4.71. The molecule has 1 atom stereocenters. The lowest BCUT2D eigenvalue weighted by Crippen LogP contribution is -2.25. The molecule has 0 radical (unpaired) electrons. The third kappa shape index (κ3) is 2.82. The molecule has 1 aliphatic rings. The summed E-state index contributed by atoms with van der Waals surface area (Å²) in [5.41, 5.74) is 0. The highest BCUT2D eigenvalue weighted by Gasteiger charge is 2.18. The Morgan fingerprint density at radius 2 is 1.91 bits per heavy atom. The molecule has 1 unspecified atom stereocenters. The molecule has 11 heavy (non-hydrogen) atoms. The van der Waals surface area contributed by atoms with E-state index in [0.717, 1.165) is 11.8 Å². The fourth-order valence-corrected chi connectivity index (χ4v) is 2.19. The van der Waals surface area contributed by atoms with E-state index in [1.807, 2.05) is 0 Å². The predicted octanol–water partition coefficient (Wildman–Crippen LogP) is 2.42. The van der Waals surface area contributed by atoms with Crippen molar-refractivity contribution >= 4 is 0 Å². The summed E-state index contributed by atoms with van der Waals surface area (Å²) in [6.07, 6.45) is 7.37. The molecule has 0 aromatic heterocycles. The van der Waals surface area contributed by atoms with E-state index in [1.54, 1.807) is 0 Å². The molecule has 66 valence electrons. The van der Waals surface area contributed by atoms with Crippen molar-refractivity contribution in [2.75, 3.05) is 13.6 Å². The van der Waals surface area contributed by atoms with Crippen molar-refractivity contribution in [1.82, 2.24) is 5.32 Å². The van der Waals surface area contributed by atoms with Crippen LogP contribution in [0.4, 0.5) is 0 Å². The molecule has 0 aromatic carbocycles. The van der Waals surface area contributed by atoms with Crippen LogP contribution in [0.5, 0.6) is 0 Å². The van der Waals surface area contributed by atoms with Gasteiger partial charge >= 0.3 is 0 Å². The molecule has 0 spiro atoms. The van der Waals surface area contributed by atoms with Gasteiger partial charge in [0.15, 0.2) is 0 Å². The normalized spacial score (nSPS) is 23.5. The Hall–Kier alpha value is -0.0400. The first kappa shape index (κ1) is 9.05. The first-order valence-corrected chi connectivity index (χ1v) is 4.99. The Kier molecular flexibility index (Phi) is 3.92. The molecule has 1 N–H and O–H groups in total. The highest BCUT2D eigenvalue weighted by Crippen LogP contribution is 2.29. The van der Waals surface area contributed by atoms with Crippen LogP contribution in [0.15, 0.2) is 0 Å². The van der Waals surface area contributed by atoms with Crippen LogP contribution in [-0.4, -0.2) is 13.6 Å². The zero-order chi connectivity index (χ0) is 8.10. The van der Waals surface area contributed by atoms with Gasteiger partial charge < -0.3 is 5.32 Å². The van der Waals surface area contributed by atoms with Crippen LogP contribution in [0.1, 0.15) is 39.0 Å². The van der Waals surface area contributed by atoms with Gasteiger partial charge in [-0.25, -0.2) is 0 Å². The molecule has 1 saturated carbocycles. The minimum atomic E-state index is 0.889. The van der Waals surface area contributed by atoms with Crippen LogP contribution in [0.2, 0.25) is 0 Å². The Bertz CT molecular complexity index is 95.0. The van der Waals surface area contributed by atoms with Crippen molar-refractivity contribution in [3.8, 4) is 0 Å². The second kappa shape index (κ2) is 4.76. The lowest BCUT2D eigenvalue weighted by Gasteiger charge is -2.27. The van der Waals surface area contributed by atoms with E-state index < -0.39 is 0 Å². The zero-order valence-corrected chi connectivity index (χ0v) is 7.90. The fraction of sp³-hybridized carbons (Fsp3) is 1.00. The Labute approximate surface area is 70.6 Å². The monoisotopic (exact) mass is 155 g/mol. The van der Waals surface area contributed by atoms with E-state index >= 15 is 0 Å². The van der Waals surface area contributed by atoms with Crippen molar-refractivity contribution in [3.63, 3.8) is 0 Å². The molecule has 0 heterocycles. The lowest BCUT2D eigenvalue weighted by atomic mass is 9.81. The molecular formula is C10H21N. The van der Waals surface area contributed by atoms with Crippen LogP contribution in [0, 0.1) is 11.8 Å². The van der Waals surface area contributed by atoms with Gasteiger partial charge in [-0.05, 0) is 25.4 Å². The van der Waals surface area contributed by atoms with Crippen LogP contribution in [-0.2, 0) is 0 Å². The first-order valence-electron chi connectivity index (χ1n) is 4.99. The van der Waals surface area contributed by atoms with Crippen molar-refractivity contribution in [1.29, 1.82) is 0 Å². The molecule has 0 amide bonds. The summed E-state index contributed by atoms with van der Waals surface area (Å²) in [5.74, 6) is 1.90. The average molecular weight is 155 g/mol. The summed E-state index contributed by atoms with van der Waals surface area (Å²) in [6.45, 7) is 3.58. The van der Waals surface area contributed by atoms with Crippen molar-refractivity contribution in [3.05, 3.63) is 0 Å². The molecule has 1 nitrogen and oxygen atoms in total. The maximum atomic E-state index is 3.26. The van der Waals surface area contributed by atoms with Crippen LogP contribution >= 0.6 is 0 Å². The lowest BCUT2D eigenvalue weighted by molar-refractivity contribution is 0.260. The van der Waals surface area contributed by atoms with E-state index in [-0.39, 0.29) is 0 Å². The Morgan fingerprint density at radius 3 is 2.45 bits per heavy atom. The van der Waals surface area contributed by atoms with Crippen LogP contribution in [0.3, 0.4) is 0 Å². The van der Waals surface area contributed by atoms with Crippen molar-refractivity contribution in [2.45, 2.75) is 39.0 Å². The van der Waals surface area contributed by atoms with Gasteiger partial charge in [0.1, 0.15) is 0 Å². The van der Waals surface area contributed by atoms with Gasteiger partial charge in [-0.15, -0.1) is 0 Å². The zero-order valence-electron chi connectivity index (χ0n) is 7.90. The van der Waals surface area contributed by atoms with Gasteiger partial charge in [-0.2, -0.15) is 0 Å². The smallest absolute Gasteiger partial charge is 0.00235 e. The minimum Gasteiger partial charge on any atom is -0.319 e. The molecule has 1 heteroatoms. The van der Waals surface area contributed by atoms with E-state index in [1.165, 1.54) is 38.6 Å². The first-order chi connectivity index (χ1) is 5.34. The van der Waals surface area contributed by atoms with E-state index in [4.69, 9.17) is 0 Å². The number of nitrogens with one attached hydrogen (secondary N) is 1. The van der Waals surface area contributed by atoms with Crippen LogP contribution < -0.4 is 5.32 Å². The molecule has 0 bridgehead atoms. The minimum absolute atomic E-state index is 0.889. The standard InChI is InChI=1S/C10H21N/c1-9(8-11-2)10-6-4-3-5-7-10/h9-11H,3-8H2,1-2H3. The molecule has 1 fully saturated rings. The fourth-order valence-electron chi connectivity index (χ4n) is 2.19. The molecule has 1 rings (SSSR count). The predicted molar refractivity (Wildman–Crippen MR) is 49.7 cm³/mol. The number of hydrogen-bond donors (Lipinski definition) is 1. The summed E-state index contributed by atoms with van der Waals surface area (Å²) in [5, 5.41) is 3.26. The van der Waals surface area contributed by atoms with Gasteiger partial charge in [0.05, 0.1) is 0 Å². The second-order valence-electron chi connectivity index (χ2n) is 3.93. The average Bonchev–Trinajstić information content (AvgIpc) is 2.07. The third-order valence-corrected chi connectivity index (χ3v) is 2.98. The molecule has 0 saturated heterocycles. The SMILES string of the molecule is CNCC(C)C1CCCCC1. The topological polar surface area (TPSA) is 12.0 Å². The molecular weight excluding hydrogens is 134 g/mol. The molecule has 1 aliphatic carbocycles. The van der Waals surface area contributed by atoms with Gasteiger partial charge in [0, 0.05) is 0 Å². The Morgan fingerprint density at radius 1 is 1.27 bits per heavy atom.